The average Bonchev–Trinajstić information content (AvgIpc) is 1.84. The molecule has 0 aliphatic heterocycles. The molecule has 0 aromatic heterocycles. The molecule has 0 heterocycles. The Kier molecular flexibility index (Phi) is 4.33. The minimum atomic E-state index is -0.319. The van der Waals surface area contributed by atoms with Gasteiger partial charge in [-0.05, 0) is 5.92 Å². The first kappa shape index (κ1) is 10.6. The predicted octanol–water partition coefficient (Wildman–Crippen LogP) is 1.07. The first-order valence-electron chi connectivity index (χ1n) is 3.40. The first-order valence-corrected chi connectivity index (χ1v) is 4.32. The maximum atomic E-state index is 11.0. The van der Waals surface area contributed by atoms with E-state index in [9.17, 15) is 9.59 Å². The summed E-state index contributed by atoms with van der Waals surface area (Å²) < 4.78 is 0. The van der Waals surface area contributed by atoms with E-state index in [0.29, 0.717) is 0 Å². The number of hydrogen-bond acceptors (Lipinski definition) is 2. The monoisotopic (exact) mass is 221 g/mol. The molecular weight excluding hydrogens is 210 g/mol. The summed E-state index contributed by atoms with van der Waals surface area (Å²) in [6.07, 6.45) is 0. The van der Waals surface area contributed by atoms with Crippen molar-refractivity contribution in [3.8, 4) is 0 Å². The van der Waals surface area contributed by atoms with E-state index < -0.39 is 0 Å². The molecule has 0 aliphatic carbocycles. The van der Waals surface area contributed by atoms with Gasteiger partial charge in [0.05, 0.1) is 4.83 Å². The van der Waals surface area contributed by atoms with Crippen LogP contribution in [0, 0.1) is 5.92 Å². The second kappa shape index (κ2) is 4.49. The van der Waals surface area contributed by atoms with Gasteiger partial charge in [0, 0.05) is 6.92 Å². The molecule has 0 fully saturated rings. The molecular formula is C7H12BrNO2. The number of nitrogens with one attached hydrogen (secondary N) is 1. The summed E-state index contributed by atoms with van der Waals surface area (Å²) in [6.45, 7) is 5.12. The fourth-order valence-corrected chi connectivity index (χ4v) is 0.660. The van der Waals surface area contributed by atoms with Crippen LogP contribution in [0.3, 0.4) is 0 Å². The van der Waals surface area contributed by atoms with Crippen molar-refractivity contribution in [1.82, 2.24) is 5.32 Å². The van der Waals surface area contributed by atoms with Gasteiger partial charge in [-0.1, -0.05) is 29.8 Å². The lowest BCUT2D eigenvalue weighted by atomic mass is 10.1. The molecule has 0 saturated heterocycles. The maximum absolute atomic E-state index is 11.0. The number of alkyl halides is 1. The molecule has 3 nitrogen and oxygen atoms in total. The molecule has 1 unspecified atom stereocenters. The molecule has 64 valence electrons. The molecule has 1 N–H and O–H groups in total. The van der Waals surface area contributed by atoms with E-state index in [1.165, 1.54) is 6.92 Å². The minimum absolute atomic E-state index is 0.189. The van der Waals surface area contributed by atoms with E-state index in [4.69, 9.17) is 0 Å². The highest BCUT2D eigenvalue weighted by molar-refractivity contribution is 9.10. The summed E-state index contributed by atoms with van der Waals surface area (Å²) in [5.74, 6) is -0.401. The minimum Gasteiger partial charge on any atom is -0.296 e. The number of carbonyl (C=O) groups is 2. The van der Waals surface area contributed by atoms with Gasteiger partial charge in [-0.2, -0.15) is 0 Å². The van der Waals surface area contributed by atoms with Gasteiger partial charge in [0.2, 0.25) is 11.8 Å². The second-order valence-corrected chi connectivity index (χ2v) is 3.68. The zero-order valence-corrected chi connectivity index (χ0v) is 8.44. The van der Waals surface area contributed by atoms with Crippen LogP contribution in [0.4, 0.5) is 0 Å². The zero-order valence-electron chi connectivity index (χ0n) is 6.85. The number of halogens is 1. The van der Waals surface area contributed by atoms with Gasteiger partial charge in [0.1, 0.15) is 0 Å². The number of carbonyl (C=O) groups excluding carboxylic acids is 2. The molecule has 0 radical (unpaired) electrons. The third kappa shape index (κ3) is 4.14. The Balaban J connectivity index is 3.93. The molecule has 1 atom stereocenters. The van der Waals surface area contributed by atoms with Crippen molar-refractivity contribution in [2.24, 2.45) is 5.92 Å². The van der Waals surface area contributed by atoms with Gasteiger partial charge in [0.25, 0.3) is 0 Å². The lowest BCUT2D eigenvalue weighted by molar-refractivity contribution is -0.129. The Hall–Kier alpha value is -0.380. The molecule has 4 heteroatoms. The van der Waals surface area contributed by atoms with Crippen LogP contribution in [-0.2, 0) is 9.59 Å². The standard InChI is InChI=1S/C7H12BrNO2/c1-4(2)6(8)7(11)9-5(3)10/h4,6H,1-3H3,(H,9,10,11). The van der Waals surface area contributed by atoms with Crippen molar-refractivity contribution in [1.29, 1.82) is 0 Å². The molecule has 11 heavy (non-hydrogen) atoms. The normalized spacial score (nSPS) is 12.8. The lowest BCUT2D eigenvalue weighted by Crippen LogP contribution is -2.36. The zero-order chi connectivity index (χ0) is 9.02. The molecule has 0 spiro atoms. The summed E-state index contributed by atoms with van der Waals surface area (Å²) in [4.78, 5) is 21.2. The van der Waals surface area contributed by atoms with Crippen molar-refractivity contribution in [3.05, 3.63) is 0 Å². The first-order chi connectivity index (χ1) is 4.95. The fourth-order valence-electron chi connectivity index (χ4n) is 0.545. The van der Waals surface area contributed by atoms with Crippen molar-refractivity contribution in [3.63, 3.8) is 0 Å². The van der Waals surface area contributed by atoms with Crippen LogP contribution in [0.15, 0.2) is 0 Å². The molecule has 2 amide bonds. The van der Waals surface area contributed by atoms with Crippen molar-refractivity contribution < 1.29 is 9.59 Å². The van der Waals surface area contributed by atoms with Crippen LogP contribution in [0.1, 0.15) is 20.8 Å². The number of imide groups is 1. The van der Waals surface area contributed by atoms with Crippen LogP contribution >= 0.6 is 15.9 Å². The van der Waals surface area contributed by atoms with E-state index in [1.807, 2.05) is 13.8 Å². The van der Waals surface area contributed by atoms with Crippen LogP contribution in [0.2, 0.25) is 0 Å². The summed E-state index contributed by atoms with van der Waals surface area (Å²) in [5.41, 5.74) is 0. The van der Waals surface area contributed by atoms with Gasteiger partial charge in [-0.25, -0.2) is 0 Å². The lowest BCUT2D eigenvalue weighted by Gasteiger charge is -2.11. The fraction of sp³-hybridized carbons (Fsp3) is 0.714. The Morgan fingerprint density at radius 3 is 2.09 bits per heavy atom. The molecule has 0 rings (SSSR count). The van der Waals surface area contributed by atoms with Crippen LogP contribution in [-0.4, -0.2) is 16.6 Å². The predicted molar refractivity (Wildman–Crippen MR) is 46.4 cm³/mol. The van der Waals surface area contributed by atoms with E-state index in [0.717, 1.165) is 0 Å². The number of amides is 2. The van der Waals surface area contributed by atoms with Crippen LogP contribution < -0.4 is 5.32 Å². The highest BCUT2D eigenvalue weighted by Crippen LogP contribution is 2.11. The van der Waals surface area contributed by atoms with Crippen molar-refractivity contribution >= 4 is 27.7 Å². The molecule has 0 bridgehead atoms. The molecule has 0 aromatic rings. The van der Waals surface area contributed by atoms with Gasteiger partial charge in [-0.3, -0.25) is 14.9 Å². The topological polar surface area (TPSA) is 46.2 Å². The summed E-state index contributed by atoms with van der Waals surface area (Å²) in [5, 5.41) is 2.20. The number of rotatable bonds is 2. The van der Waals surface area contributed by atoms with E-state index in [2.05, 4.69) is 21.2 Å². The molecule has 0 saturated carbocycles. The SMILES string of the molecule is CC(=O)NC(=O)C(Br)C(C)C. The summed E-state index contributed by atoms with van der Waals surface area (Å²) >= 11 is 3.17. The summed E-state index contributed by atoms with van der Waals surface area (Å²) in [6, 6.07) is 0. The van der Waals surface area contributed by atoms with Crippen LogP contribution in [0.25, 0.3) is 0 Å². The Labute approximate surface area is 74.7 Å². The van der Waals surface area contributed by atoms with E-state index in [-0.39, 0.29) is 22.6 Å². The Bertz CT molecular complexity index is 168. The number of hydrogen-bond donors (Lipinski definition) is 1. The molecule has 0 aromatic carbocycles. The maximum Gasteiger partial charge on any atom is 0.240 e. The van der Waals surface area contributed by atoms with Gasteiger partial charge < -0.3 is 0 Å². The molecule has 0 aliphatic rings. The Morgan fingerprint density at radius 2 is 1.82 bits per heavy atom. The van der Waals surface area contributed by atoms with Crippen molar-refractivity contribution in [2.75, 3.05) is 0 Å². The smallest absolute Gasteiger partial charge is 0.240 e. The largest absolute Gasteiger partial charge is 0.296 e. The highest BCUT2D eigenvalue weighted by atomic mass is 79.9. The quantitative estimate of drug-likeness (QED) is 0.710. The highest BCUT2D eigenvalue weighted by Gasteiger charge is 2.18. The van der Waals surface area contributed by atoms with Crippen LogP contribution in [0.5, 0.6) is 0 Å². The average molecular weight is 222 g/mol. The third-order valence-corrected chi connectivity index (χ3v) is 2.61. The van der Waals surface area contributed by atoms with E-state index >= 15 is 0 Å². The van der Waals surface area contributed by atoms with Gasteiger partial charge in [0.15, 0.2) is 0 Å². The van der Waals surface area contributed by atoms with E-state index in [1.54, 1.807) is 0 Å². The Morgan fingerprint density at radius 1 is 1.36 bits per heavy atom. The van der Waals surface area contributed by atoms with Crippen molar-refractivity contribution in [2.45, 2.75) is 25.6 Å². The third-order valence-electron chi connectivity index (χ3n) is 1.14. The van der Waals surface area contributed by atoms with Gasteiger partial charge >= 0.3 is 0 Å². The summed E-state index contributed by atoms with van der Waals surface area (Å²) in [7, 11) is 0. The van der Waals surface area contributed by atoms with Gasteiger partial charge in [-0.15, -0.1) is 0 Å². The second-order valence-electron chi connectivity index (χ2n) is 2.69.